The molecule has 0 aromatic heterocycles. The van der Waals surface area contributed by atoms with Crippen LogP contribution in [0.2, 0.25) is 0 Å². The van der Waals surface area contributed by atoms with Gasteiger partial charge in [0.25, 0.3) is 0 Å². The Morgan fingerprint density at radius 2 is 2.05 bits per heavy atom. The normalized spacial score (nSPS) is 30.3. The first-order valence-corrected chi connectivity index (χ1v) is 8.23. The molecule has 0 aliphatic heterocycles. The van der Waals surface area contributed by atoms with Gasteiger partial charge >= 0.3 is 0 Å². The van der Waals surface area contributed by atoms with E-state index in [1.54, 1.807) is 0 Å². The Kier molecular flexibility index (Phi) is 4.25. The second-order valence-electron chi connectivity index (χ2n) is 5.90. The standard InChI is InChI=1S/C16H22BrNO/c17-14-6-3-5-13-12(14)8-9-16(13)18-15-7-2-1-4-11(15)10-19/h3,5-6,11,15-16,18-19H,1-2,4,7-10H2. The van der Waals surface area contributed by atoms with E-state index in [4.69, 9.17) is 0 Å². The molecular formula is C16H22BrNO. The highest BCUT2D eigenvalue weighted by atomic mass is 79.9. The number of aliphatic hydroxyl groups excluding tert-OH is 1. The van der Waals surface area contributed by atoms with Gasteiger partial charge in [-0.1, -0.05) is 40.9 Å². The van der Waals surface area contributed by atoms with E-state index in [9.17, 15) is 5.11 Å². The van der Waals surface area contributed by atoms with Gasteiger partial charge in [0.05, 0.1) is 0 Å². The van der Waals surface area contributed by atoms with E-state index in [1.807, 2.05) is 0 Å². The summed E-state index contributed by atoms with van der Waals surface area (Å²) in [5.41, 5.74) is 2.92. The lowest BCUT2D eigenvalue weighted by atomic mass is 9.84. The van der Waals surface area contributed by atoms with Crippen molar-refractivity contribution in [3.63, 3.8) is 0 Å². The summed E-state index contributed by atoms with van der Waals surface area (Å²) < 4.78 is 1.25. The van der Waals surface area contributed by atoms with Crippen molar-refractivity contribution in [3.05, 3.63) is 33.8 Å². The highest BCUT2D eigenvalue weighted by molar-refractivity contribution is 9.10. The third-order valence-corrected chi connectivity index (χ3v) is 5.52. The molecule has 2 aliphatic carbocycles. The zero-order valence-electron chi connectivity index (χ0n) is 11.2. The summed E-state index contributed by atoms with van der Waals surface area (Å²) in [6.07, 6.45) is 7.30. The summed E-state index contributed by atoms with van der Waals surface area (Å²) in [5, 5.41) is 13.3. The maximum Gasteiger partial charge on any atom is 0.0474 e. The molecule has 19 heavy (non-hydrogen) atoms. The molecule has 2 N–H and O–H groups in total. The highest BCUT2D eigenvalue weighted by Crippen LogP contribution is 2.37. The maximum atomic E-state index is 9.53. The van der Waals surface area contributed by atoms with Crippen LogP contribution in [0.5, 0.6) is 0 Å². The van der Waals surface area contributed by atoms with Crippen molar-refractivity contribution in [2.75, 3.05) is 6.61 Å². The van der Waals surface area contributed by atoms with E-state index in [-0.39, 0.29) is 0 Å². The van der Waals surface area contributed by atoms with Crippen LogP contribution in [-0.4, -0.2) is 17.8 Å². The lowest BCUT2D eigenvalue weighted by molar-refractivity contribution is 0.145. The molecule has 0 amide bonds. The number of halogens is 1. The Morgan fingerprint density at radius 3 is 2.89 bits per heavy atom. The molecule has 1 aromatic carbocycles. The molecule has 104 valence electrons. The Morgan fingerprint density at radius 1 is 1.21 bits per heavy atom. The molecule has 0 saturated heterocycles. The second-order valence-corrected chi connectivity index (χ2v) is 6.75. The minimum absolute atomic E-state index is 0.329. The van der Waals surface area contributed by atoms with Crippen LogP contribution in [0, 0.1) is 5.92 Å². The fourth-order valence-electron chi connectivity index (χ4n) is 3.69. The second kappa shape index (κ2) is 5.94. The topological polar surface area (TPSA) is 32.3 Å². The van der Waals surface area contributed by atoms with Crippen molar-refractivity contribution in [2.45, 2.75) is 50.6 Å². The van der Waals surface area contributed by atoms with E-state index in [2.05, 4.69) is 39.4 Å². The minimum atomic E-state index is 0.329. The Bertz CT molecular complexity index is 448. The average molecular weight is 324 g/mol. The summed E-state index contributed by atoms with van der Waals surface area (Å²) in [6.45, 7) is 0.329. The number of fused-ring (bicyclic) bond motifs is 1. The van der Waals surface area contributed by atoms with Crippen LogP contribution in [0.25, 0.3) is 0 Å². The van der Waals surface area contributed by atoms with Gasteiger partial charge in [0.1, 0.15) is 0 Å². The summed E-state index contributed by atoms with van der Waals surface area (Å²) in [6, 6.07) is 7.49. The van der Waals surface area contributed by atoms with Gasteiger partial charge in [0.15, 0.2) is 0 Å². The molecule has 3 atom stereocenters. The molecule has 0 heterocycles. The van der Waals surface area contributed by atoms with Crippen molar-refractivity contribution in [1.29, 1.82) is 0 Å². The number of rotatable bonds is 3. The Hall–Kier alpha value is -0.380. The zero-order chi connectivity index (χ0) is 13.2. The number of nitrogens with one attached hydrogen (secondary N) is 1. The molecule has 0 bridgehead atoms. The fourth-order valence-corrected chi connectivity index (χ4v) is 4.27. The zero-order valence-corrected chi connectivity index (χ0v) is 12.8. The van der Waals surface area contributed by atoms with E-state index in [1.165, 1.54) is 47.7 Å². The van der Waals surface area contributed by atoms with Crippen LogP contribution >= 0.6 is 15.9 Å². The summed E-state index contributed by atoms with van der Waals surface area (Å²) >= 11 is 3.66. The molecule has 3 heteroatoms. The van der Waals surface area contributed by atoms with Crippen LogP contribution in [0.15, 0.2) is 22.7 Å². The van der Waals surface area contributed by atoms with Gasteiger partial charge in [-0.05, 0) is 48.8 Å². The molecule has 0 radical (unpaired) electrons. The average Bonchev–Trinajstić information content (AvgIpc) is 2.84. The van der Waals surface area contributed by atoms with Crippen molar-refractivity contribution in [1.82, 2.24) is 5.32 Å². The van der Waals surface area contributed by atoms with E-state index < -0.39 is 0 Å². The Balaban J connectivity index is 1.73. The fraction of sp³-hybridized carbons (Fsp3) is 0.625. The van der Waals surface area contributed by atoms with Crippen molar-refractivity contribution < 1.29 is 5.11 Å². The number of hydrogen-bond donors (Lipinski definition) is 2. The molecular weight excluding hydrogens is 302 g/mol. The minimum Gasteiger partial charge on any atom is -0.396 e. The van der Waals surface area contributed by atoms with Crippen molar-refractivity contribution >= 4 is 15.9 Å². The van der Waals surface area contributed by atoms with E-state index in [0.29, 0.717) is 24.6 Å². The first kappa shape index (κ1) is 13.6. The molecule has 3 unspecified atom stereocenters. The van der Waals surface area contributed by atoms with Crippen LogP contribution in [0.3, 0.4) is 0 Å². The third kappa shape index (κ3) is 2.74. The molecule has 2 aliphatic rings. The molecule has 1 aromatic rings. The smallest absolute Gasteiger partial charge is 0.0474 e. The molecule has 2 nitrogen and oxygen atoms in total. The van der Waals surface area contributed by atoms with Gasteiger partial charge in [-0.15, -0.1) is 0 Å². The first-order valence-electron chi connectivity index (χ1n) is 7.44. The van der Waals surface area contributed by atoms with Gasteiger partial charge in [-0.3, -0.25) is 0 Å². The van der Waals surface area contributed by atoms with Gasteiger partial charge in [0.2, 0.25) is 0 Å². The van der Waals surface area contributed by atoms with Gasteiger partial charge < -0.3 is 10.4 Å². The SMILES string of the molecule is OCC1CCCCC1NC1CCc2c(Br)cccc21. The quantitative estimate of drug-likeness (QED) is 0.891. The summed E-state index contributed by atoms with van der Waals surface area (Å²) in [7, 11) is 0. The van der Waals surface area contributed by atoms with E-state index >= 15 is 0 Å². The van der Waals surface area contributed by atoms with Crippen molar-refractivity contribution in [3.8, 4) is 0 Å². The molecule has 3 rings (SSSR count). The highest BCUT2D eigenvalue weighted by Gasteiger charge is 2.30. The Labute approximate surface area is 123 Å². The van der Waals surface area contributed by atoms with Crippen LogP contribution in [0.4, 0.5) is 0 Å². The van der Waals surface area contributed by atoms with Gasteiger partial charge in [-0.2, -0.15) is 0 Å². The number of benzene rings is 1. The molecule has 1 fully saturated rings. The lowest BCUT2D eigenvalue weighted by Gasteiger charge is -2.33. The van der Waals surface area contributed by atoms with Crippen LogP contribution < -0.4 is 5.32 Å². The predicted molar refractivity (Wildman–Crippen MR) is 81.2 cm³/mol. The largest absolute Gasteiger partial charge is 0.396 e. The number of hydrogen-bond acceptors (Lipinski definition) is 2. The van der Waals surface area contributed by atoms with Gasteiger partial charge in [0, 0.05) is 23.2 Å². The van der Waals surface area contributed by atoms with E-state index in [0.717, 1.165) is 6.42 Å². The molecule has 1 saturated carbocycles. The third-order valence-electron chi connectivity index (χ3n) is 4.77. The molecule has 0 spiro atoms. The lowest BCUT2D eigenvalue weighted by Crippen LogP contribution is -2.41. The monoisotopic (exact) mass is 323 g/mol. The summed E-state index contributed by atoms with van der Waals surface area (Å²) in [4.78, 5) is 0. The summed E-state index contributed by atoms with van der Waals surface area (Å²) in [5.74, 6) is 0.449. The first-order chi connectivity index (χ1) is 9.29. The number of aliphatic hydroxyl groups is 1. The van der Waals surface area contributed by atoms with Gasteiger partial charge in [-0.25, -0.2) is 0 Å². The van der Waals surface area contributed by atoms with Crippen LogP contribution in [0.1, 0.15) is 49.3 Å². The maximum absolute atomic E-state index is 9.53. The predicted octanol–water partition coefficient (Wildman–Crippen LogP) is 3.58. The van der Waals surface area contributed by atoms with Crippen LogP contribution in [-0.2, 0) is 6.42 Å². The van der Waals surface area contributed by atoms with Crippen molar-refractivity contribution in [2.24, 2.45) is 5.92 Å².